The minimum Gasteiger partial charge on any atom is -0.496 e. The first kappa shape index (κ1) is 12.8. The van der Waals surface area contributed by atoms with Gasteiger partial charge in [0.2, 0.25) is 0 Å². The highest BCUT2D eigenvalue weighted by molar-refractivity contribution is 5.38. The molecule has 0 saturated carbocycles. The Morgan fingerprint density at radius 3 is 2.75 bits per heavy atom. The van der Waals surface area contributed by atoms with Gasteiger partial charge in [0.25, 0.3) is 0 Å². The standard InChI is InChI=1S/C14H21NO/c1-10(2)9-15-12(4)13-8-11(3)6-7-14(13)16-5/h6-8,12,15H,1,9H2,2-5H3. The van der Waals surface area contributed by atoms with Gasteiger partial charge in [0, 0.05) is 18.2 Å². The van der Waals surface area contributed by atoms with E-state index in [0.717, 1.165) is 17.9 Å². The molecule has 1 aromatic carbocycles. The summed E-state index contributed by atoms with van der Waals surface area (Å²) in [5.74, 6) is 0.937. The van der Waals surface area contributed by atoms with Gasteiger partial charge in [-0.2, -0.15) is 0 Å². The zero-order valence-corrected chi connectivity index (χ0v) is 10.6. The molecule has 16 heavy (non-hydrogen) atoms. The highest BCUT2D eigenvalue weighted by Crippen LogP contribution is 2.25. The summed E-state index contributed by atoms with van der Waals surface area (Å²) in [5.41, 5.74) is 3.59. The van der Waals surface area contributed by atoms with Gasteiger partial charge < -0.3 is 10.1 Å². The van der Waals surface area contributed by atoms with Crippen LogP contribution in [-0.2, 0) is 0 Å². The molecule has 0 bridgehead atoms. The van der Waals surface area contributed by atoms with Crippen molar-refractivity contribution in [2.75, 3.05) is 13.7 Å². The predicted molar refractivity (Wildman–Crippen MR) is 69.0 cm³/mol. The normalized spacial score (nSPS) is 12.2. The second kappa shape index (κ2) is 5.71. The van der Waals surface area contributed by atoms with E-state index in [1.165, 1.54) is 11.1 Å². The first-order valence-electron chi connectivity index (χ1n) is 5.57. The van der Waals surface area contributed by atoms with E-state index in [-0.39, 0.29) is 6.04 Å². The van der Waals surface area contributed by atoms with Crippen LogP contribution in [0.5, 0.6) is 5.75 Å². The van der Waals surface area contributed by atoms with Crippen LogP contribution >= 0.6 is 0 Å². The van der Waals surface area contributed by atoms with Crippen molar-refractivity contribution in [2.45, 2.75) is 26.8 Å². The van der Waals surface area contributed by atoms with Crippen molar-refractivity contribution >= 4 is 0 Å². The molecule has 88 valence electrons. The van der Waals surface area contributed by atoms with Crippen LogP contribution in [0.15, 0.2) is 30.4 Å². The number of benzene rings is 1. The molecule has 0 aliphatic carbocycles. The van der Waals surface area contributed by atoms with Gasteiger partial charge in [0.15, 0.2) is 0 Å². The maximum Gasteiger partial charge on any atom is 0.123 e. The Balaban J connectivity index is 2.84. The van der Waals surface area contributed by atoms with Gasteiger partial charge in [-0.15, -0.1) is 0 Å². The Hall–Kier alpha value is -1.28. The molecule has 1 atom stereocenters. The summed E-state index contributed by atoms with van der Waals surface area (Å²) in [7, 11) is 1.71. The van der Waals surface area contributed by atoms with Crippen LogP contribution in [0.2, 0.25) is 0 Å². The highest BCUT2D eigenvalue weighted by atomic mass is 16.5. The van der Waals surface area contributed by atoms with Gasteiger partial charge in [-0.3, -0.25) is 0 Å². The van der Waals surface area contributed by atoms with Crippen LogP contribution in [0, 0.1) is 6.92 Å². The Morgan fingerprint density at radius 1 is 1.50 bits per heavy atom. The van der Waals surface area contributed by atoms with Gasteiger partial charge in [0.05, 0.1) is 7.11 Å². The van der Waals surface area contributed by atoms with Gasteiger partial charge >= 0.3 is 0 Å². The third-order valence-electron chi connectivity index (χ3n) is 2.56. The lowest BCUT2D eigenvalue weighted by Crippen LogP contribution is -2.20. The van der Waals surface area contributed by atoms with Gasteiger partial charge in [-0.1, -0.05) is 29.8 Å². The third-order valence-corrected chi connectivity index (χ3v) is 2.56. The number of aryl methyl sites for hydroxylation is 1. The van der Waals surface area contributed by atoms with E-state index in [1.54, 1.807) is 7.11 Å². The number of hydrogen-bond donors (Lipinski definition) is 1. The van der Waals surface area contributed by atoms with Crippen LogP contribution < -0.4 is 10.1 Å². The summed E-state index contributed by atoms with van der Waals surface area (Å²) < 4.78 is 5.37. The van der Waals surface area contributed by atoms with E-state index in [2.05, 4.69) is 37.9 Å². The zero-order valence-electron chi connectivity index (χ0n) is 10.6. The maximum absolute atomic E-state index is 5.37. The van der Waals surface area contributed by atoms with Gasteiger partial charge in [0.1, 0.15) is 5.75 Å². The molecule has 0 aliphatic rings. The Morgan fingerprint density at radius 2 is 2.19 bits per heavy atom. The minimum atomic E-state index is 0.270. The monoisotopic (exact) mass is 219 g/mol. The molecule has 0 spiro atoms. The average Bonchev–Trinajstić information content (AvgIpc) is 2.25. The second-order valence-corrected chi connectivity index (χ2v) is 4.31. The predicted octanol–water partition coefficient (Wildman–Crippen LogP) is 3.23. The Bertz CT molecular complexity index is 371. The largest absolute Gasteiger partial charge is 0.496 e. The summed E-state index contributed by atoms with van der Waals surface area (Å²) in [6.45, 7) is 11.0. The smallest absolute Gasteiger partial charge is 0.123 e. The molecule has 0 fully saturated rings. The SMILES string of the molecule is C=C(C)CNC(C)c1cc(C)ccc1OC. The molecule has 0 aromatic heterocycles. The minimum absolute atomic E-state index is 0.270. The van der Waals surface area contributed by atoms with Crippen LogP contribution in [0.3, 0.4) is 0 Å². The quantitative estimate of drug-likeness (QED) is 0.768. The van der Waals surface area contributed by atoms with E-state index >= 15 is 0 Å². The van der Waals surface area contributed by atoms with Crippen molar-refractivity contribution < 1.29 is 4.74 Å². The van der Waals surface area contributed by atoms with Crippen LogP contribution in [0.4, 0.5) is 0 Å². The van der Waals surface area contributed by atoms with Gasteiger partial charge in [-0.05, 0) is 26.8 Å². The van der Waals surface area contributed by atoms with E-state index in [1.807, 2.05) is 13.0 Å². The number of nitrogens with one attached hydrogen (secondary N) is 1. The summed E-state index contributed by atoms with van der Waals surface area (Å²) in [4.78, 5) is 0. The number of hydrogen-bond acceptors (Lipinski definition) is 2. The molecular formula is C14H21NO. The van der Waals surface area contributed by atoms with Crippen LogP contribution in [-0.4, -0.2) is 13.7 Å². The molecule has 0 amide bonds. The molecule has 1 aromatic rings. The van der Waals surface area contributed by atoms with Crippen molar-refractivity contribution in [3.8, 4) is 5.75 Å². The Kier molecular flexibility index (Phi) is 4.56. The summed E-state index contributed by atoms with van der Waals surface area (Å²) in [5, 5.41) is 3.42. The summed E-state index contributed by atoms with van der Waals surface area (Å²) in [6.07, 6.45) is 0. The number of rotatable bonds is 5. The lowest BCUT2D eigenvalue weighted by Gasteiger charge is -2.18. The topological polar surface area (TPSA) is 21.3 Å². The molecule has 0 heterocycles. The van der Waals surface area contributed by atoms with Crippen molar-refractivity contribution in [3.63, 3.8) is 0 Å². The van der Waals surface area contributed by atoms with Crippen molar-refractivity contribution in [1.29, 1.82) is 0 Å². The fraction of sp³-hybridized carbons (Fsp3) is 0.429. The van der Waals surface area contributed by atoms with Crippen LogP contribution in [0.1, 0.15) is 31.0 Å². The molecule has 2 nitrogen and oxygen atoms in total. The molecule has 1 rings (SSSR count). The van der Waals surface area contributed by atoms with E-state index < -0.39 is 0 Å². The number of ether oxygens (including phenoxy) is 1. The van der Waals surface area contributed by atoms with Gasteiger partial charge in [-0.25, -0.2) is 0 Å². The molecule has 0 radical (unpaired) electrons. The zero-order chi connectivity index (χ0) is 12.1. The van der Waals surface area contributed by atoms with E-state index in [4.69, 9.17) is 4.74 Å². The maximum atomic E-state index is 5.37. The first-order chi connectivity index (χ1) is 7.54. The third kappa shape index (κ3) is 3.38. The van der Waals surface area contributed by atoms with Crippen molar-refractivity contribution in [2.24, 2.45) is 0 Å². The molecular weight excluding hydrogens is 198 g/mol. The molecule has 2 heteroatoms. The Labute approximate surface area is 98.3 Å². The van der Waals surface area contributed by atoms with E-state index in [0.29, 0.717) is 0 Å². The number of methoxy groups -OCH3 is 1. The fourth-order valence-electron chi connectivity index (χ4n) is 1.63. The molecule has 0 saturated heterocycles. The molecule has 1 N–H and O–H groups in total. The summed E-state index contributed by atoms with van der Waals surface area (Å²) in [6, 6.07) is 6.51. The van der Waals surface area contributed by atoms with Crippen molar-refractivity contribution in [1.82, 2.24) is 5.32 Å². The second-order valence-electron chi connectivity index (χ2n) is 4.31. The highest BCUT2D eigenvalue weighted by Gasteiger charge is 2.10. The first-order valence-corrected chi connectivity index (χ1v) is 5.57. The van der Waals surface area contributed by atoms with E-state index in [9.17, 15) is 0 Å². The fourth-order valence-corrected chi connectivity index (χ4v) is 1.63. The van der Waals surface area contributed by atoms with Crippen molar-refractivity contribution in [3.05, 3.63) is 41.5 Å². The lowest BCUT2D eigenvalue weighted by molar-refractivity contribution is 0.402. The van der Waals surface area contributed by atoms with Crippen LogP contribution in [0.25, 0.3) is 0 Å². The molecule has 0 aliphatic heterocycles. The molecule has 1 unspecified atom stereocenters. The summed E-state index contributed by atoms with van der Waals surface area (Å²) >= 11 is 0. The average molecular weight is 219 g/mol. The lowest BCUT2D eigenvalue weighted by atomic mass is 10.0.